The molecule has 1 fully saturated rings. The molecule has 0 unspecified atom stereocenters. The molecule has 0 bridgehead atoms. The number of carbonyl (C=O) groups is 2. The maximum Gasteiger partial charge on any atom is 0.471 e. The van der Waals surface area contributed by atoms with Crippen molar-refractivity contribution in [1.29, 1.82) is 0 Å². The maximum absolute atomic E-state index is 12.3. The molecule has 0 aliphatic carbocycles. The van der Waals surface area contributed by atoms with Gasteiger partial charge >= 0.3 is 12.1 Å². The van der Waals surface area contributed by atoms with Crippen molar-refractivity contribution in [2.24, 2.45) is 5.92 Å². The van der Waals surface area contributed by atoms with Crippen molar-refractivity contribution in [2.75, 3.05) is 40.3 Å². The Bertz CT molecular complexity index is 364. The Balaban J connectivity index is 2.29. The molecule has 0 atom stereocenters. The molecule has 0 saturated carbocycles. The minimum atomic E-state index is -4.83. The fourth-order valence-corrected chi connectivity index (χ4v) is 2.28. The molecule has 0 aromatic rings. The highest BCUT2D eigenvalue weighted by molar-refractivity contribution is 5.83. The predicted octanol–water partition coefficient (Wildman–Crippen LogP) is 0.855. The Morgan fingerprint density at radius 1 is 1.24 bits per heavy atom. The number of piperidine rings is 1. The van der Waals surface area contributed by atoms with Crippen LogP contribution in [0.15, 0.2) is 0 Å². The standard InChI is InChI=1S/C13H22F3N3O2/c1-18(2)7-3-6-17-11(20)10-4-8-19(9-5-10)12(21)13(14,15)16/h10H,3-9H2,1-2H3,(H,17,20). The maximum atomic E-state index is 12.3. The second kappa shape index (κ2) is 7.63. The van der Waals surface area contributed by atoms with Crippen molar-refractivity contribution in [2.45, 2.75) is 25.4 Å². The largest absolute Gasteiger partial charge is 0.471 e. The summed E-state index contributed by atoms with van der Waals surface area (Å²) in [5, 5.41) is 2.79. The van der Waals surface area contributed by atoms with Gasteiger partial charge < -0.3 is 15.1 Å². The molecule has 1 aliphatic rings. The first-order valence-electron chi connectivity index (χ1n) is 7.00. The number of nitrogens with one attached hydrogen (secondary N) is 1. The lowest BCUT2D eigenvalue weighted by atomic mass is 9.96. The third-order valence-corrected chi connectivity index (χ3v) is 3.48. The van der Waals surface area contributed by atoms with Crippen LogP contribution in [-0.4, -0.2) is 68.1 Å². The van der Waals surface area contributed by atoms with Crippen LogP contribution >= 0.6 is 0 Å². The number of nitrogens with zero attached hydrogens (tertiary/aromatic N) is 2. The van der Waals surface area contributed by atoms with Crippen LogP contribution in [-0.2, 0) is 9.59 Å². The van der Waals surface area contributed by atoms with E-state index in [1.807, 2.05) is 19.0 Å². The summed E-state index contributed by atoms with van der Waals surface area (Å²) in [6.45, 7) is 1.37. The van der Waals surface area contributed by atoms with Gasteiger partial charge in [0.1, 0.15) is 0 Å². The summed E-state index contributed by atoms with van der Waals surface area (Å²) in [6, 6.07) is 0. The second-order valence-electron chi connectivity index (χ2n) is 5.51. The van der Waals surface area contributed by atoms with Gasteiger partial charge in [0.25, 0.3) is 0 Å². The Morgan fingerprint density at radius 3 is 2.29 bits per heavy atom. The van der Waals surface area contributed by atoms with E-state index in [2.05, 4.69) is 5.32 Å². The van der Waals surface area contributed by atoms with Gasteiger partial charge in [-0.25, -0.2) is 0 Å². The van der Waals surface area contributed by atoms with Crippen LogP contribution in [0.25, 0.3) is 0 Å². The first-order chi connectivity index (χ1) is 9.71. The zero-order chi connectivity index (χ0) is 16.0. The van der Waals surface area contributed by atoms with Gasteiger partial charge in [-0.15, -0.1) is 0 Å². The van der Waals surface area contributed by atoms with E-state index in [0.29, 0.717) is 6.54 Å². The van der Waals surface area contributed by atoms with Crippen molar-refractivity contribution < 1.29 is 22.8 Å². The first-order valence-corrected chi connectivity index (χ1v) is 7.00. The molecule has 0 aromatic heterocycles. The number of halogens is 3. The summed E-state index contributed by atoms with van der Waals surface area (Å²) in [4.78, 5) is 25.7. The number of rotatable bonds is 5. The van der Waals surface area contributed by atoms with E-state index in [1.165, 1.54) is 0 Å². The normalized spacial score (nSPS) is 17.1. The molecule has 0 radical (unpaired) electrons. The number of hydrogen-bond acceptors (Lipinski definition) is 3. The molecule has 5 nitrogen and oxygen atoms in total. The second-order valence-corrected chi connectivity index (χ2v) is 5.51. The van der Waals surface area contributed by atoms with Gasteiger partial charge in [-0.05, 0) is 39.9 Å². The average molecular weight is 309 g/mol. The van der Waals surface area contributed by atoms with Crippen LogP contribution in [0.2, 0.25) is 0 Å². The SMILES string of the molecule is CN(C)CCCNC(=O)C1CCN(C(=O)C(F)(F)F)CC1. The van der Waals surface area contributed by atoms with Crippen LogP contribution in [0.1, 0.15) is 19.3 Å². The zero-order valence-electron chi connectivity index (χ0n) is 12.4. The van der Waals surface area contributed by atoms with Crippen LogP contribution in [0, 0.1) is 5.92 Å². The quantitative estimate of drug-likeness (QED) is 0.766. The number of carbonyl (C=O) groups excluding carboxylic acids is 2. The third-order valence-electron chi connectivity index (χ3n) is 3.48. The number of likely N-dealkylation sites (tertiary alicyclic amines) is 1. The lowest BCUT2D eigenvalue weighted by Crippen LogP contribution is -2.47. The lowest BCUT2D eigenvalue weighted by molar-refractivity contribution is -0.186. The van der Waals surface area contributed by atoms with Crippen LogP contribution < -0.4 is 5.32 Å². The molecule has 8 heteroatoms. The molecular weight excluding hydrogens is 287 g/mol. The minimum Gasteiger partial charge on any atom is -0.356 e. The summed E-state index contributed by atoms with van der Waals surface area (Å²) in [5.41, 5.74) is 0. The highest BCUT2D eigenvalue weighted by Crippen LogP contribution is 2.23. The number of alkyl halides is 3. The lowest BCUT2D eigenvalue weighted by Gasteiger charge is -2.31. The van der Waals surface area contributed by atoms with Crippen LogP contribution in [0.5, 0.6) is 0 Å². The summed E-state index contributed by atoms with van der Waals surface area (Å²) in [6.07, 6.45) is -3.45. The monoisotopic (exact) mass is 309 g/mol. The Morgan fingerprint density at radius 2 is 1.81 bits per heavy atom. The molecule has 1 aliphatic heterocycles. The van der Waals surface area contributed by atoms with Crippen molar-refractivity contribution in [3.63, 3.8) is 0 Å². The fraction of sp³-hybridized carbons (Fsp3) is 0.846. The van der Waals surface area contributed by atoms with Crippen molar-refractivity contribution in [3.8, 4) is 0 Å². The first kappa shape index (κ1) is 17.7. The van der Waals surface area contributed by atoms with E-state index in [4.69, 9.17) is 0 Å². The van der Waals surface area contributed by atoms with E-state index >= 15 is 0 Å². The summed E-state index contributed by atoms with van der Waals surface area (Å²) >= 11 is 0. The fourth-order valence-electron chi connectivity index (χ4n) is 2.28. The van der Waals surface area contributed by atoms with Gasteiger partial charge in [0, 0.05) is 25.6 Å². The van der Waals surface area contributed by atoms with E-state index < -0.39 is 12.1 Å². The molecule has 0 aromatic carbocycles. The highest BCUT2D eigenvalue weighted by Gasteiger charge is 2.43. The van der Waals surface area contributed by atoms with E-state index in [0.717, 1.165) is 17.9 Å². The number of amides is 2. The Kier molecular flexibility index (Phi) is 6.44. The molecule has 2 amide bonds. The van der Waals surface area contributed by atoms with E-state index in [1.54, 1.807) is 0 Å². The molecule has 1 saturated heterocycles. The van der Waals surface area contributed by atoms with Gasteiger partial charge in [-0.1, -0.05) is 0 Å². The van der Waals surface area contributed by atoms with Gasteiger partial charge in [-0.2, -0.15) is 13.2 Å². The number of hydrogen-bond donors (Lipinski definition) is 1. The molecule has 21 heavy (non-hydrogen) atoms. The molecule has 1 heterocycles. The van der Waals surface area contributed by atoms with Gasteiger partial charge in [0.05, 0.1) is 0 Å². The summed E-state index contributed by atoms with van der Waals surface area (Å²) < 4.78 is 36.9. The van der Waals surface area contributed by atoms with Crippen molar-refractivity contribution in [3.05, 3.63) is 0 Å². The predicted molar refractivity (Wildman–Crippen MR) is 71.5 cm³/mol. The molecule has 1 N–H and O–H groups in total. The highest BCUT2D eigenvalue weighted by atomic mass is 19.4. The third kappa shape index (κ3) is 5.91. The summed E-state index contributed by atoms with van der Waals surface area (Å²) in [5.74, 6) is -2.25. The Labute approximate surface area is 122 Å². The molecular formula is C13H22F3N3O2. The molecule has 0 spiro atoms. The van der Waals surface area contributed by atoms with Crippen molar-refractivity contribution >= 4 is 11.8 Å². The van der Waals surface area contributed by atoms with Crippen LogP contribution in [0.4, 0.5) is 13.2 Å². The van der Waals surface area contributed by atoms with Crippen molar-refractivity contribution in [1.82, 2.24) is 15.1 Å². The average Bonchev–Trinajstić information content (AvgIpc) is 2.41. The van der Waals surface area contributed by atoms with E-state index in [9.17, 15) is 22.8 Å². The van der Waals surface area contributed by atoms with Gasteiger partial charge in [0.15, 0.2) is 0 Å². The van der Waals surface area contributed by atoms with Gasteiger partial charge in [0.2, 0.25) is 5.91 Å². The molecule has 1 rings (SSSR count). The topological polar surface area (TPSA) is 52.7 Å². The van der Waals surface area contributed by atoms with Crippen LogP contribution in [0.3, 0.4) is 0 Å². The Hall–Kier alpha value is -1.31. The zero-order valence-corrected chi connectivity index (χ0v) is 12.4. The minimum absolute atomic E-state index is 0.0197. The smallest absolute Gasteiger partial charge is 0.356 e. The van der Waals surface area contributed by atoms with Gasteiger partial charge in [-0.3, -0.25) is 9.59 Å². The summed E-state index contributed by atoms with van der Waals surface area (Å²) in [7, 11) is 3.88. The molecule has 122 valence electrons. The van der Waals surface area contributed by atoms with E-state index in [-0.39, 0.29) is 37.8 Å².